The van der Waals surface area contributed by atoms with E-state index in [4.69, 9.17) is 0 Å². The number of carbonyl (C=O) groups is 2. The molecule has 29 heavy (non-hydrogen) atoms. The van der Waals surface area contributed by atoms with Gasteiger partial charge in [0.2, 0.25) is 11.8 Å². The van der Waals surface area contributed by atoms with Gasteiger partial charge in [0.05, 0.1) is 5.41 Å². The van der Waals surface area contributed by atoms with Gasteiger partial charge in [-0.25, -0.2) is 0 Å². The lowest BCUT2D eigenvalue weighted by molar-refractivity contribution is -0.136. The molecule has 1 aromatic heterocycles. The number of hydrogen-bond acceptors (Lipinski definition) is 3. The maximum absolute atomic E-state index is 13.2. The van der Waals surface area contributed by atoms with Gasteiger partial charge in [0.25, 0.3) is 0 Å². The molecule has 1 aliphatic carbocycles. The highest BCUT2D eigenvalue weighted by atomic mass is 32.1. The molecule has 4 rings (SSSR count). The molecule has 1 aromatic carbocycles. The minimum Gasteiger partial charge on any atom is -0.356 e. The molecule has 0 radical (unpaired) electrons. The lowest BCUT2D eigenvalue weighted by Crippen LogP contribution is -2.45. The Morgan fingerprint density at radius 3 is 2.69 bits per heavy atom. The van der Waals surface area contributed by atoms with Crippen LogP contribution < -0.4 is 5.32 Å². The van der Waals surface area contributed by atoms with Crippen LogP contribution in [-0.4, -0.2) is 36.3 Å². The van der Waals surface area contributed by atoms with E-state index in [0.29, 0.717) is 26.1 Å². The van der Waals surface area contributed by atoms with Crippen molar-refractivity contribution in [2.45, 2.75) is 45.4 Å². The zero-order chi connectivity index (χ0) is 20.3. The monoisotopic (exact) mass is 410 g/mol. The average molecular weight is 411 g/mol. The van der Waals surface area contributed by atoms with Crippen molar-refractivity contribution in [3.05, 3.63) is 47.3 Å². The van der Waals surface area contributed by atoms with Crippen molar-refractivity contribution in [1.29, 1.82) is 0 Å². The second-order valence-electron chi connectivity index (χ2n) is 8.44. The molecular weight excluding hydrogens is 380 g/mol. The summed E-state index contributed by atoms with van der Waals surface area (Å²) >= 11 is 1.72. The summed E-state index contributed by atoms with van der Waals surface area (Å²) in [5, 5.41) is 5.14. The highest BCUT2D eigenvalue weighted by Crippen LogP contribution is 2.39. The number of benzene rings is 1. The van der Waals surface area contributed by atoms with Crippen molar-refractivity contribution in [3.63, 3.8) is 0 Å². The highest BCUT2D eigenvalue weighted by molar-refractivity contribution is 7.13. The Hall–Kier alpha value is -2.14. The number of rotatable bonds is 6. The lowest BCUT2D eigenvalue weighted by atomic mass is 9.78. The molecule has 1 N–H and O–H groups in total. The number of likely N-dealkylation sites (tertiary alicyclic amines) is 1. The summed E-state index contributed by atoms with van der Waals surface area (Å²) < 4.78 is 0. The van der Waals surface area contributed by atoms with E-state index in [1.54, 1.807) is 11.3 Å². The molecule has 1 atom stereocenters. The minimum atomic E-state index is -0.544. The number of thiophene rings is 1. The molecular formula is C24H30N2O2S. The molecule has 0 bridgehead atoms. The predicted octanol–water partition coefficient (Wildman–Crippen LogP) is 4.50. The van der Waals surface area contributed by atoms with Crippen molar-refractivity contribution < 1.29 is 9.59 Å². The van der Waals surface area contributed by atoms with E-state index in [1.165, 1.54) is 16.0 Å². The maximum Gasteiger partial charge on any atom is 0.228 e. The zero-order valence-corrected chi connectivity index (χ0v) is 18.0. The summed E-state index contributed by atoms with van der Waals surface area (Å²) in [7, 11) is 0. The van der Waals surface area contributed by atoms with Crippen LogP contribution in [0.1, 0.15) is 44.6 Å². The van der Waals surface area contributed by atoms with Gasteiger partial charge in [0.15, 0.2) is 0 Å². The molecule has 1 saturated heterocycles. The summed E-state index contributed by atoms with van der Waals surface area (Å²) in [6.07, 6.45) is 5.71. The first-order chi connectivity index (χ1) is 14.1. The number of amides is 2. The highest BCUT2D eigenvalue weighted by Gasteiger charge is 2.47. The smallest absolute Gasteiger partial charge is 0.228 e. The zero-order valence-electron chi connectivity index (χ0n) is 17.2. The molecule has 0 spiro atoms. The summed E-state index contributed by atoms with van der Waals surface area (Å²) in [5.74, 6) is 0.515. The van der Waals surface area contributed by atoms with Crippen molar-refractivity contribution in [3.8, 4) is 10.4 Å². The quantitative estimate of drug-likeness (QED) is 0.762. The molecule has 1 saturated carbocycles. The Bertz CT molecular complexity index is 858. The van der Waals surface area contributed by atoms with Gasteiger partial charge in [0, 0.05) is 30.4 Å². The largest absolute Gasteiger partial charge is 0.356 e. The molecule has 2 heterocycles. The predicted molar refractivity (Wildman–Crippen MR) is 118 cm³/mol. The molecule has 1 unspecified atom stereocenters. The average Bonchev–Trinajstić information content (AvgIpc) is 3.50. The molecule has 2 amide bonds. The molecule has 154 valence electrons. The van der Waals surface area contributed by atoms with Gasteiger partial charge in [-0.05, 0) is 55.2 Å². The summed E-state index contributed by atoms with van der Waals surface area (Å²) in [6.45, 7) is 3.80. The van der Waals surface area contributed by atoms with Crippen molar-refractivity contribution in [2.24, 2.45) is 11.3 Å². The summed E-state index contributed by atoms with van der Waals surface area (Å²) in [4.78, 5) is 29.4. The van der Waals surface area contributed by atoms with Crippen molar-refractivity contribution in [1.82, 2.24) is 10.2 Å². The van der Waals surface area contributed by atoms with E-state index in [2.05, 4.69) is 41.0 Å². The van der Waals surface area contributed by atoms with Gasteiger partial charge in [0.1, 0.15) is 0 Å². The third kappa shape index (κ3) is 4.11. The van der Waals surface area contributed by atoms with E-state index < -0.39 is 5.41 Å². The number of hydrogen-bond donors (Lipinski definition) is 1. The first kappa shape index (κ1) is 20.1. The van der Waals surface area contributed by atoms with Gasteiger partial charge in [-0.15, -0.1) is 11.3 Å². The number of nitrogens with one attached hydrogen (secondary N) is 1. The molecule has 2 aliphatic rings. The van der Waals surface area contributed by atoms with Crippen molar-refractivity contribution >= 4 is 23.2 Å². The minimum absolute atomic E-state index is 0.0858. The fraction of sp³-hybridized carbons (Fsp3) is 0.500. The van der Waals surface area contributed by atoms with E-state index in [-0.39, 0.29) is 17.7 Å². The van der Waals surface area contributed by atoms with Crippen LogP contribution in [-0.2, 0) is 16.0 Å². The van der Waals surface area contributed by atoms with Crippen LogP contribution in [0.2, 0.25) is 0 Å². The standard InChI is InChI=1S/C24H30N2O2S/c1-2-25-23(28)24(13-14-26(17-24)22(27)18-8-3-4-9-18)16-19-10-5-6-11-20(19)21-12-7-15-29-21/h5-7,10-12,15,18H,2-4,8-9,13-14,16-17H2,1H3,(H,25,28). The molecule has 4 nitrogen and oxygen atoms in total. The Morgan fingerprint density at radius 2 is 1.97 bits per heavy atom. The lowest BCUT2D eigenvalue weighted by Gasteiger charge is -2.29. The van der Waals surface area contributed by atoms with Crippen LogP contribution in [0.3, 0.4) is 0 Å². The first-order valence-corrected chi connectivity index (χ1v) is 11.7. The van der Waals surface area contributed by atoms with Crippen LogP contribution >= 0.6 is 11.3 Å². The van der Waals surface area contributed by atoms with E-state index in [0.717, 1.165) is 32.1 Å². The fourth-order valence-electron chi connectivity index (χ4n) is 4.96. The maximum atomic E-state index is 13.2. The van der Waals surface area contributed by atoms with Crippen LogP contribution in [0, 0.1) is 11.3 Å². The van der Waals surface area contributed by atoms with Gasteiger partial charge in [-0.1, -0.05) is 43.2 Å². The topological polar surface area (TPSA) is 49.4 Å². The Kier molecular flexibility index (Phi) is 6.04. The van der Waals surface area contributed by atoms with E-state index in [1.807, 2.05) is 17.9 Å². The summed E-state index contributed by atoms with van der Waals surface area (Å²) in [6, 6.07) is 12.6. The van der Waals surface area contributed by atoms with Crippen LogP contribution in [0.15, 0.2) is 41.8 Å². The van der Waals surface area contributed by atoms with Gasteiger partial charge >= 0.3 is 0 Å². The molecule has 2 fully saturated rings. The fourth-order valence-corrected chi connectivity index (χ4v) is 5.75. The van der Waals surface area contributed by atoms with Gasteiger partial charge in [-0.3, -0.25) is 9.59 Å². The van der Waals surface area contributed by atoms with Crippen molar-refractivity contribution in [2.75, 3.05) is 19.6 Å². The second-order valence-corrected chi connectivity index (χ2v) is 9.39. The van der Waals surface area contributed by atoms with E-state index in [9.17, 15) is 9.59 Å². The normalized spacial score (nSPS) is 22.2. The third-order valence-electron chi connectivity index (χ3n) is 6.52. The Labute approximate surface area is 177 Å². The molecule has 1 aliphatic heterocycles. The van der Waals surface area contributed by atoms with Gasteiger partial charge < -0.3 is 10.2 Å². The number of carbonyl (C=O) groups excluding carboxylic acids is 2. The molecule has 2 aromatic rings. The van der Waals surface area contributed by atoms with Crippen LogP contribution in [0.25, 0.3) is 10.4 Å². The SMILES string of the molecule is CCNC(=O)C1(Cc2ccccc2-c2cccs2)CCN(C(=O)C2CCCC2)C1. The second kappa shape index (κ2) is 8.70. The number of nitrogens with zero attached hydrogens (tertiary/aromatic N) is 1. The van der Waals surface area contributed by atoms with Crippen LogP contribution in [0.5, 0.6) is 0 Å². The summed E-state index contributed by atoms with van der Waals surface area (Å²) in [5.41, 5.74) is 1.85. The van der Waals surface area contributed by atoms with Gasteiger partial charge in [-0.2, -0.15) is 0 Å². The first-order valence-electron chi connectivity index (χ1n) is 10.8. The Balaban J connectivity index is 1.61. The third-order valence-corrected chi connectivity index (χ3v) is 7.42. The molecule has 5 heteroatoms. The van der Waals surface area contributed by atoms with Crippen LogP contribution in [0.4, 0.5) is 0 Å². The van der Waals surface area contributed by atoms with E-state index >= 15 is 0 Å². The Morgan fingerprint density at radius 1 is 1.17 bits per heavy atom.